The van der Waals surface area contributed by atoms with Crippen molar-refractivity contribution in [3.63, 3.8) is 0 Å². The zero-order valence-electron chi connectivity index (χ0n) is 24.0. The first-order valence-electron chi connectivity index (χ1n) is 13.7. The molecule has 0 radical (unpaired) electrons. The van der Waals surface area contributed by atoms with Crippen LogP contribution in [0.25, 0.3) is 10.8 Å². The third-order valence-corrected chi connectivity index (χ3v) is 7.91. The van der Waals surface area contributed by atoms with Crippen molar-refractivity contribution in [3.05, 3.63) is 77.9 Å². The first-order valence-corrected chi connectivity index (χ1v) is 15.2. The first kappa shape index (κ1) is 32.7. The van der Waals surface area contributed by atoms with Gasteiger partial charge in [0.25, 0.3) is 0 Å². The molecule has 12 heteroatoms. The fraction of sp³-hybridized carbons (Fsp3) is 0.367. The van der Waals surface area contributed by atoms with Crippen molar-refractivity contribution >= 4 is 38.5 Å². The van der Waals surface area contributed by atoms with Gasteiger partial charge >= 0.3 is 0 Å². The number of methoxy groups -OCH3 is 1. The fourth-order valence-corrected chi connectivity index (χ4v) is 5.31. The Kier molecular flexibility index (Phi) is 12.4. The third-order valence-electron chi connectivity index (χ3n) is 6.42. The van der Waals surface area contributed by atoms with Gasteiger partial charge in [-0.3, -0.25) is 19.2 Å². The number of carbonyl (C=O) groups excluding carboxylic acids is 3. The number of hydroxylamine groups is 1. The zero-order chi connectivity index (χ0) is 30.5. The number of unbranched alkanes of at least 4 members (excludes halogenated alkanes) is 1. The van der Waals surface area contributed by atoms with E-state index in [0.29, 0.717) is 6.42 Å². The molecule has 3 amide bonds. The lowest BCUT2D eigenvalue weighted by atomic mass is 10.0. The average molecular weight is 599 g/mol. The molecule has 0 unspecified atom stereocenters. The number of fused-ring (bicyclic) bond motifs is 1. The number of hydrogen-bond donors (Lipinski definition) is 4. The van der Waals surface area contributed by atoms with Crippen LogP contribution in [-0.2, 0) is 40.5 Å². The van der Waals surface area contributed by atoms with Crippen molar-refractivity contribution < 1.29 is 32.4 Å². The van der Waals surface area contributed by atoms with E-state index in [1.54, 1.807) is 12.1 Å². The molecule has 3 rings (SSSR count). The van der Waals surface area contributed by atoms with Crippen molar-refractivity contribution in [2.75, 3.05) is 20.3 Å². The van der Waals surface area contributed by atoms with E-state index < -0.39 is 46.2 Å². The second-order valence-electron chi connectivity index (χ2n) is 9.79. The number of rotatable bonds is 16. The maximum Gasteiger partial charge on any atom is 0.245 e. The van der Waals surface area contributed by atoms with Crippen LogP contribution >= 0.6 is 0 Å². The molecule has 2 atom stereocenters. The van der Waals surface area contributed by atoms with Crippen molar-refractivity contribution in [1.82, 2.24) is 20.8 Å². The minimum atomic E-state index is -4.19. The summed E-state index contributed by atoms with van der Waals surface area (Å²) in [4.78, 5) is 44.1. The van der Waals surface area contributed by atoms with E-state index in [4.69, 9.17) is 9.57 Å². The largest absolute Gasteiger partial charge is 0.382 e. The van der Waals surface area contributed by atoms with Crippen molar-refractivity contribution in [2.24, 2.45) is 0 Å². The Morgan fingerprint density at radius 3 is 2.33 bits per heavy atom. The van der Waals surface area contributed by atoms with Crippen LogP contribution < -0.4 is 20.8 Å². The van der Waals surface area contributed by atoms with Gasteiger partial charge in [-0.05, 0) is 41.8 Å². The van der Waals surface area contributed by atoms with E-state index >= 15 is 0 Å². The van der Waals surface area contributed by atoms with Crippen molar-refractivity contribution in [2.45, 2.75) is 56.6 Å². The molecule has 0 aromatic heterocycles. The second-order valence-corrected chi connectivity index (χ2v) is 11.5. The highest BCUT2D eigenvalue weighted by atomic mass is 32.2. The Labute approximate surface area is 246 Å². The molecular formula is C30H38N4O7S. The lowest BCUT2D eigenvalue weighted by Gasteiger charge is -2.23. The number of nitrogens with one attached hydrogen (secondary N) is 4. The molecule has 0 saturated heterocycles. The van der Waals surface area contributed by atoms with Crippen molar-refractivity contribution in [1.29, 1.82) is 0 Å². The van der Waals surface area contributed by atoms with Gasteiger partial charge in [0.05, 0.1) is 24.5 Å². The molecule has 226 valence electrons. The van der Waals surface area contributed by atoms with E-state index in [1.165, 1.54) is 19.2 Å². The Balaban J connectivity index is 1.74. The lowest BCUT2D eigenvalue weighted by Crippen LogP contribution is -2.56. The van der Waals surface area contributed by atoms with E-state index in [2.05, 4.69) is 20.8 Å². The maximum atomic E-state index is 13.4. The number of carbonyl (C=O) groups is 3. The summed E-state index contributed by atoms with van der Waals surface area (Å²) in [6.45, 7) is 4.04. The van der Waals surface area contributed by atoms with E-state index in [9.17, 15) is 22.8 Å². The normalized spacial score (nSPS) is 12.8. The Morgan fingerprint density at radius 2 is 1.62 bits per heavy atom. The molecule has 0 fully saturated rings. The molecule has 0 spiro atoms. The van der Waals surface area contributed by atoms with Gasteiger partial charge in [0.15, 0.2) is 0 Å². The predicted octanol–water partition coefficient (Wildman–Crippen LogP) is 2.48. The van der Waals surface area contributed by atoms with Crippen molar-refractivity contribution in [3.8, 4) is 0 Å². The van der Waals surface area contributed by atoms with E-state index in [1.807, 2.05) is 56.3 Å². The summed E-state index contributed by atoms with van der Waals surface area (Å²) in [6, 6.07) is 16.8. The SMILES string of the molecule is CCCCONC(=O)C[C@H](NS(=O)(=O)c1ccc(C)cc1)C(=O)N[C@@H](COC)C(=O)NCc1cccc2ccccc12. The van der Waals surface area contributed by atoms with Gasteiger partial charge in [0.1, 0.15) is 12.1 Å². The molecule has 0 saturated carbocycles. The van der Waals surface area contributed by atoms with Gasteiger partial charge in [0, 0.05) is 13.7 Å². The maximum absolute atomic E-state index is 13.4. The van der Waals surface area contributed by atoms with Crippen LogP contribution in [0, 0.1) is 6.92 Å². The Morgan fingerprint density at radius 1 is 0.905 bits per heavy atom. The summed E-state index contributed by atoms with van der Waals surface area (Å²) in [7, 11) is -2.82. The summed E-state index contributed by atoms with van der Waals surface area (Å²) in [5.41, 5.74) is 3.96. The monoisotopic (exact) mass is 598 g/mol. The molecule has 11 nitrogen and oxygen atoms in total. The predicted molar refractivity (Wildman–Crippen MR) is 159 cm³/mol. The summed E-state index contributed by atoms with van der Waals surface area (Å²) < 4.78 is 33.6. The van der Waals surface area contributed by atoms with Crippen LogP contribution in [0.4, 0.5) is 0 Å². The van der Waals surface area contributed by atoms with Crippen LogP contribution in [0.1, 0.15) is 37.3 Å². The number of aryl methyl sites for hydroxylation is 1. The summed E-state index contributed by atoms with van der Waals surface area (Å²) in [5.74, 6) is -2.12. The average Bonchev–Trinajstić information content (AvgIpc) is 2.97. The summed E-state index contributed by atoms with van der Waals surface area (Å²) in [5, 5.41) is 7.34. The highest BCUT2D eigenvalue weighted by Gasteiger charge is 2.31. The van der Waals surface area contributed by atoms with E-state index in [-0.39, 0.29) is 24.7 Å². The smallest absolute Gasteiger partial charge is 0.245 e. The minimum absolute atomic E-state index is 0.0771. The molecule has 0 bridgehead atoms. The summed E-state index contributed by atoms with van der Waals surface area (Å²) in [6.07, 6.45) is 0.984. The van der Waals surface area contributed by atoms with Crippen LogP contribution in [-0.4, -0.2) is 58.5 Å². The van der Waals surface area contributed by atoms with Gasteiger partial charge in [-0.2, -0.15) is 4.72 Å². The second kappa shape index (κ2) is 16.0. The number of sulfonamides is 1. The molecule has 0 aliphatic carbocycles. The number of ether oxygens (including phenoxy) is 1. The third kappa shape index (κ3) is 9.62. The van der Waals surface area contributed by atoms with Crippen LogP contribution in [0.15, 0.2) is 71.6 Å². The van der Waals surface area contributed by atoms with Gasteiger partial charge in [-0.15, -0.1) is 0 Å². The van der Waals surface area contributed by atoms with Gasteiger partial charge in [0.2, 0.25) is 27.7 Å². The molecular weight excluding hydrogens is 560 g/mol. The van der Waals surface area contributed by atoms with Crippen LogP contribution in [0.3, 0.4) is 0 Å². The zero-order valence-corrected chi connectivity index (χ0v) is 24.8. The highest BCUT2D eigenvalue weighted by Crippen LogP contribution is 2.18. The van der Waals surface area contributed by atoms with Crippen LogP contribution in [0.5, 0.6) is 0 Å². The Bertz CT molecular complexity index is 1460. The molecule has 3 aromatic carbocycles. The molecule has 4 N–H and O–H groups in total. The lowest BCUT2D eigenvalue weighted by molar-refractivity contribution is -0.137. The number of hydrogen-bond acceptors (Lipinski definition) is 7. The molecule has 3 aromatic rings. The molecule has 0 aliphatic rings. The fourth-order valence-electron chi connectivity index (χ4n) is 4.11. The Hall–Kier alpha value is -3.84. The highest BCUT2D eigenvalue weighted by molar-refractivity contribution is 7.89. The molecule has 42 heavy (non-hydrogen) atoms. The number of benzene rings is 3. The van der Waals surface area contributed by atoms with Gasteiger partial charge in [-0.1, -0.05) is 73.5 Å². The van der Waals surface area contributed by atoms with Crippen LogP contribution in [0.2, 0.25) is 0 Å². The number of amides is 3. The molecule has 0 aliphatic heterocycles. The first-order chi connectivity index (χ1) is 20.1. The van der Waals surface area contributed by atoms with Gasteiger partial charge in [-0.25, -0.2) is 13.9 Å². The van der Waals surface area contributed by atoms with Gasteiger partial charge < -0.3 is 15.4 Å². The quantitative estimate of drug-likeness (QED) is 0.146. The van der Waals surface area contributed by atoms with E-state index in [0.717, 1.165) is 28.3 Å². The molecule has 0 heterocycles. The summed E-state index contributed by atoms with van der Waals surface area (Å²) >= 11 is 0. The minimum Gasteiger partial charge on any atom is -0.382 e. The topological polar surface area (TPSA) is 152 Å². The standard InChI is InChI=1S/C30H38N4O7S/c1-4-5-17-41-33-28(35)18-26(34-42(38,39)24-15-13-21(2)14-16-24)30(37)32-27(20-40-3)29(36)31-19-23-11-8-10-22-9-6-7-12-25(22)23/h6-16,26-27,34H,4-5,17-20H2,1-3H3,(H,31,36)(H,32,37)(H,33,35)/t26-,27-/m0/s1.